The number of alkyl carbamates (subject to hydrolysis) is 1. The summed E-state index contributed by atoms with van der Waals surface area (Å²) in [5, 5.41) is 5.38. The van der Waals surface area contributed by atoms with Gasteiger partial charge in [0.05, 0.1) is 20.7 Å². The number of benzene rings is 2. The van der Waals surface area contributed by atoms with Crippen molar-refractivity contribution in [2.75, 3.05) is 7.11 Å². The zero-order valence-electron chi connectivity index (χ0n) is 36.9. The summed E-state index contributed by atoms with van der Waals surface area (Å²) < 4.78 is 31.7. The summed E-state index contributed by atoms with van der Waals surface area (Å²) in [6, 6.07) is 3.83. The molecule has 0 aliphatic heterocycles. The van der Waals surface area contributed by atoms with Crippen LogP contribution in [0.4, 0.5) is 4.79 Å². The van der Waals surface area contributed by atoms with Crippen molar-refractivity contribution in [2.45, 2.75) is 155 Å². The zero-order chi connectivity index (χ0) is 43.8. The zero-order valence-corrected chi connectivity index (χ0v) is 43.5. The van der Waals surface area contributed by atoms with Crippen LogP contribution in [0.15, 0.2) is 24.3 Å². The molecule has 0 bridgehead atoms. The van der Waals surface area contributed by atoms with Gasteiger partial charge in [-0.15, -0.1) is 0 Å². The molecule has 10 nitrogen and oxygen atoms in total. The Kier molecular flexibility index (Phi) is 15.9. The lowest BCUT2D eigenvalue weighted by Gasteiger charge is -2.40. The highest BCUT2D eigenvalue weighted by atomic mass is 127. The van der Waals surface area contributed by atoms with Crippen LogP contribution < -0.4 is 23.9 Å². The van der Waals surface area contributed by atoms with Gasteiger partial charge in [0, 0.05) is 0 Å². The number of esters is 1. The molecular weight excluding hydrogens is 919 g/mol. The van der Waals surface area contributed by atoms with Gasteiger partial charge in [-0.25, -0.2) is 9.59 Å². The molecule has 0 aliphatic carbocycles. The van der Waals surface area contributed by atoms with Crippen molar-refractivity contribution in [1.82, 2.24) is 10.6 Å². The number of halogens is 3. The van der Waals surface area contributed by atoms with Gasteiger partial charge in [-0.3, -0.25) is 4.79 Å². The van der Waals surface area contributed by atoms with Crippen molar-refractivity contribution in [3.63, 3.8) is 0 Å². The molecular formula is C40H65Cl2IN2O8Si3. The third-order valence-corrected chi connectivity index (χ3v) is 25.2. The number of carbonyl (C=O) groups excluding carboxylic acids is 3. The molecule has 2 N–H and O–H groups in total. The summed E-state index contributed by atoms with van der Waals surface area (Å²) >= 11 is 15.8. The fourth-order valence-electron chi connectivity index (χ4n) is 4.37. The Labute approximate surface area is 362 Å². The largest absolute Gasteiger partial charge is 0.542 e. The fraction of sp³-hybridized carbons (Fsp3) is 0.625. The molecule has 2 atom stereocenters. The molecule has 0 unspecified atom stereocenters. The van der Waals surface area contributed by atoms with Crippen molar-refractivity contribution in [3.05, 3.63) is 49.0 Å². The van der Waals surface area contributed by atoms with Crippen LogP contribution in [-0.4, -0.2) is 55.6 Å². The molecule has 0 aliphatic rings. The highest BCUT2D eigenvalue weighted by Gasteiger charge is 2.44. The van der Waals surface area contributed by atoms with E-state index in [1.165, 1.54) is 19.2 Å². The highest BCUT2D eigenvalue weighted by Crippen LogP contribution is 2.47. The maximum Gasteiger partial charge on any atom is 0.408 e. The number of amides is 2. The van der Waals surface area contributed by atoms with E-state index in [2.05, 4.69) is 135 Å². The van der Waals surface area contributed by atoms with Gasteiger partial charge in [0.15, 0.2) is 11.8 Å². The second-order valence-electron chi connectivity index (χ2n) is 19.8. The molecule has 2 amide bonds. The summed E-state index contributed by atoms with van der Waals surface area (Å²) in [4.78, 5) is 41.3. The first-order valence-electron chi connectivity index (χ1n) is 18.7. The fourth-order valence-corrected chi connectivity index (χ4v) is 9.09. The van der Waals surface area contributed by atoms with E-state index in [-0.39, 0.29) is 36.5 Å². The Hall–Kier alpha value is -1.99. The first-order valence-corrected chi connectivity index (χ1v) is 29.3. The number of methoxy groups -OCH3 is 1. The maximum atomic E-state index is 14.5. The first-order chi connectivity index (χ1) is 24.9. The summed E-state index contributed by atoms with van der Waals surface area (Å²) in [6.45, 7) is 37.0. The van der Waals surface area contributed by atoms with E-state index in [1.807, 2.05) is 0 Å². The Bertz CT molecular complexity index is 1760. The molecule has 2 aromatic carbocycles. The van der Waals surface area contributed by atoms with Crippen LogP contribution in [0.3, 0.4) is 0 Å². The minimum Gasteiger partial charge on any atom is -0.542 e. The minimum atomic E-state index is -2.45. The average Bonchev–Trinajstić information content (AvgIpc) is 2.98. The van der Waals surface area contributed by atoms with Gasteiger partial charge in [0.2, 0.25) is 5.91 Å². The standard InChI is InChI=1S/C40H65Cl2IN2O8Si3/c1-37(2,3)50-36(48)45-30(24-20-26(41)32(27(42)21-24)52-55(16,17)39(7,8)9)34(46)44-31(35(47)49-13)25-22-28(43)33(53-56(18,19)40(10,11)12)29(23-25)51-54(14,15)38(4,5)6/h20-23,30-31H,1-19H3,(H,44,46)(H,45,48)/t30-,31-/m1/s1. The molecule has 0 heterocycles. The summed E-state index contributed by atoms with van der Waals surface area (Å²) in [5.74, 6) is -0.132. The molecule has 0 radical (unpaired) electrons. The molecule has 0 aromatic heterocycles. The van der Waals surface area contributed by atoms with Gasteiger partial charge >= 0.3 is 12.1 Å². The van der Waals surface area contributed by atoms with E-state index in [9.17, 15) is 14.4 Å². The number of hydrogen-bond donors (Lipinski definition) is 2. The van der Waals surface area contributed by atoms with Crippen LogP contribution in [0.5, 0.6) is 17.2 Å². The van der Waals surface area contributed by atoms with Gasteiger partial charge in [-0.2, -0.15) is 0 Å². The van der Waals surface area contributed by atoms with E-state index >= 15 is 0 Å². The van der Waals surface area contributed by atoms with Gasteiger partial charge < -0.3 is 33.4 Å². The van der Waals surface area contributed by atoms with E-state index in [1.54, 1.807) is 32.9 Å². The lowest BCUT2D eigenvalue weighted by Crippen LogP contribution is -2.46. The second-order valence-corrected chi connectivity index (χ2v) is 35.9. The van der Waals surface area contributed by atoms with Crippen molar-refractivity contribution < 1.29 is 37.1 Å². The Morgan fingerprint density at radius 2 is 1.04 bits per heavy atom. The van der Waals surface area contributed by atoms with Crippen LogP contribution in [0.1, 0.15) is 106 Å². The predicted octanol–water partition coefficient (Wildman–Crippen LogP) is 12.3. The topological polar surface area (TPSA) is 121 Å². The number of ether oxygens (including phenoxy) is 2. The normalized spacial score (nSPS) is 14.3. The molecule has 56 heavy (non-hydrogen) atoms. The maximum absolute atomic E-state index is 14.5. The molecule has 0 saturated carbocycles. The van der Waals surface area contributed by atoms with Crippen LogP contribution in [0.2, 0.25) is 64.4 Å². The minimum absolute atomic E-state index is 0.109. The van der Waals surface area contributed by atoms with Crippen LogP contribution in [0, 0.1) is 3.57 Å². The van der Waals surface area contributed by atoms with E-state index in [4.69, 9.17) is 46.0 Å². The lowest BCUT2D eigenvalue weighted by molar-refractivity contribution is -0.145. The Morgan fingerprint density at radius 3 is 1.45 bits per heavy atom. The molecule has 0 saturated heterocycles. The SMILES string of the molecule is COC(=O)[C@H](NC(=O)[C@H](NC(=O)OC(C)(C)C)c1cc(Cl)c(O[Si](C)(C)C(C)(C)C)c(Cl)c1)c1cc(I)c(O[Si](C)(C)C(C)(C)C)c(O[Si](C)(C)C(C)(C)C)c1. The first kappa shape index (κ1) is 50.2. The summed E-state index contributed by atoms with van der Waals surface area (Å²) in [6.07, 6.45) is -0.868. The van der Waals surface area contributed by atoms with E-state index in [0.717, 1.165) is 0 Å². The average molecular weight is 984 g/mol. The van der Waals surface area contributed by atoms with Crippen LogP contribution >= 0.6 is 45.8 Å². The van der Waals surface area contributed by atoms with Crippen LogP contribution in [0.25, 0.3) is 0 Å². The quantitative estimate of drug-likeness (QED) is 0.123. The summed E-state index contributed by atoms with van der Waals surface area (Å²) in [5.41, 5.74) is -0.235. The third-order valence-electron chi connectivity index (χ3n) is 10.9. The van der Waals surface area contributed by atoms with E-state index < -0.39 is 60.6 Å². The molecule has 2 rings (SSSR count). The van der Waals surface area contributed by atoms with Gasteiger partial charge in [0.1, 0.15) is 23.1 Å². The monoisotopic (exact) mass is 982 g/mol. The van der Waals surface area contributed by atoms with Crippen LogP contribution in [-0.2, 0) is 19.1 Å². The molecule has 316 valence electrons. The van der Waals surface area contributed by atoms with Crippen molar-refractivity contribution in [1.29, 1.82) is 0 Å². The van der Waals surface area contributed by atoms with Gasteiger partial charge in [-0.05, 0) is 133 Å². The third kappa shape index (κ3) is 12.8. The number of hydrogen-bond acceptors (Lipinski definition) is 8. The van der Waals surface area contributed by atoms with Crippen molar-refractivity contribution in [3.8, 4) is 17.2 Å². The van der Waals surface area contributed by atoms with E-state index in [0.29, 0.717) is 20.6 Å². The highest BCUT2D eigenvalue weighted by molar-refractivity contribution is 14.1. The van der Waals surface area contributed by atoms with Gasteiger partial charge in [0.25, 0.3) is 25.0 Å². The van der Waals surface area contributed by atoms with Crippen molar-refractivity contribution in [2.24, 2.45) is 0 Å². The Balaban J connectivity index is 2.81. The van der Waals surface area contributed by atoms with Gasteiger partial charge in [-0.1, -0.05) is 85.5 Å². The molecule has 2 aromatic rings. The lowest BCUT2D eigenvalue weighted by atomic mass is 10.0. The van der Waals surface area contributed by atoms with Crippen molar-refractivity contribution >= 4 is 88.7 Å². The number of nitrogens with one attached hydrogen (secondary N) is 2. The number of carbonyl (C=O) groups is 3. The smallest absolute Gasteiger partial charge is 0.408 e. The molecule has 0 fully saturated rings. The molecule has 0 spiro atoms. The summed E-state index contributed by atoms with van der Waals surface area (Å²) in [7, 11) is -5.94. The Morgan fingerprint density at radius 1 is 0.625 bits per heavy atom. The predicted molar refractivity (Wildman–Crippen MR) is 244 cm³/mol. The second kappa shape index (κ2) is 17.7. The number of rotatable bonds is 12. The molecule has 16 heteroatoms.